The molecule has 0 radical (unpaired) electrons. The summed E-state index contributed by atoms with van der Waals surface area (Å²) in [5.74, 6) is -1.34. The number of amides is 2. The number of carbonyl (C=O) groups is 3. The third kappa shape index (κ3) is 7.77. The van der Waals surface area contributed by atoms with E-state index < -0.39 is 41.8 Å². The molecule has 1 fully saturated rings. The van der Waals surface area contributed by atoms with Crippen LogP contribution in [0, 0.1) is 0 Å². The minimum atomic E-state index is -1.56. The van der Waals surface area contributed by atoms with E-state index >= 15 is 0 Å². The van der Waals surface area contributed by atoms with Crippen LogP contribution in [0.5, 0.6) is 0 Å². The van der Waals surface area contributed by atoms with Gasteiger partial charge in [-0.25, -0.2) is 9.59 Å². The molecule has 2 aromatic carbocycles. The lowest BCUT2D eigenvalue weighted by atomic mass is 9.95. The zero-order chi connectivity index (χ0) is 26.9. The monoisotopic (exact) mass is 512 g/mol. The molecule has 200 valence electrons. The van der Waals surface area contributed by atoms with Crippen LogP contribution < -0.4 is 5.32 Å². The number of nitrogens with zero attached hydrogens (tertiary/aromatic N) is 1. The van der Waals surface area contributed by atoms with E-state index in [1.54, 1.807) is 20.8 Å². The topological polar surface area (TPSA) is 114 Å². The number of carbonyl (C=O) groups excluding carboxylic acids is 3. The fourth-order valence-electron chi connectivity index (χ4n) is 4.09. The maximum atomic E-state index is 13.5. The van der Waals surface area contributed by atoms with Crippen molar-refractivity contribution in [1.82, 2.24) is 10.2 Å². The van der Waals surface area contributed by atoms with Crippen molar-refractivity contribution in [3.8, 4) is 0 Å². The molecule has 1 aliphatic heterocycles. The molecule has 1 aliphatic rings. The van der Waals surface area contributed by atoms with Crippen LogP contribution >= 0.6 is 0 Å². The van der Waals surface area contributed by atoms with Gasteiger partial charge in [0.25, 0.3) is 0 Å². The highest BCUT2D eigenvalue weighted by Crippen LogP contribution is 2.31. The van der Waals surface area contributed by atoms with Gasteiger partial charge in [-0.1, -0.05) is 60.7 Å². The van der Waals surface area contributed by atoms with E-state index in [0.29, 0.717) is 6.42 Å². The summed E-state index contributed by atoms with van der Waals surface area (Å²) in [6.07, 6.45) is 0.0317. The second kappa shape index (κ2) is 12.7. The van der Waals surface area contributed by atoms with Crippen LogP contribution in [-0.2, 0) is 37.0 Å². The van der Waals surface area contributed by atoms with Gasteiger partial charge in [-0.05, 0) is 44.7 Å². The van der Waals surface area contributed by atoms with Crippen molar-refractivity contribution >= 4 is 18.0 Å². The van der Waals surface area contributed by atoms with Crippen LogP contribution in [0.25, 0.3) is 0 Å². The second-order valence-corrected chi connectivity index (χ2v) is 10.0. The van der Waals surface area contributed by atoms with Gasteiger partial charge in [-0.15, -0.1) is 0 Å². The summed E-state index contributed by atoms with van der Waals surface area (Å²) in [6, 6.07) is 17.4. The smallest absolute Gasteiger partial charge is 0.411 e. The number of aliphatic hydroxyl groups excluding tert-OH is 1. The number of nitrogens with one attached hydrogen (secondary N) is 1. The van der Waals surface area contributed by atoms with Crippen molar-refractivity contribution in [3.05, 3.63) is 71.8 Å². The van der Waals surface area contributed by atoms with E-state index in [0.717, 1.165) is 11.1 Å². The van der Waals surface area contributed by atoms with Gasteiger partial charge in [0, 0.05) is 6.54 Å². The average molecular weight is 513 g/mol. The number of benzene rings is 2. The Hall–Kier alpha value is -3.43. The van der Waals surface area contributed by atoms with Crippen LogP contribution in [-0.4, -0.2) is 64.9 Å². The molecule has 0 aromatic heterocycles. The van der Waals surface area contributed by atoms with Gasteiger partial charge in [0.1, 0.15) is 17.7 Å². The Balaban J connectivity index is 1.73. The lowest BCUT2D eigenvalue weighted by molar-refractivity contribution is -0.153. The van der Waals surface area contributed by atoms with Gasteiger partial charge >= 0.3 is 12.1 Å². The Bertz CT molecular complexity index is 1040. The van der Waals surface area contributed by atoms with E-state index in [2.05, 4.69) is 5.32 Å². The minimum Gasteiger partial charge on any atom is -0.459 e. The van der Waals surface area contributed by atoms with E-state index in [-0.39, 0.29) is 32.8 Å². The standard InChI is InChI=1S/C28H36N2O7/c1-27(2,3)37-26(34)30-16-10-15-28(30,20-31)25(33)29-23(19-35-17-21-11-6-4-7-12-21)24(32)36-18-22-13-8-5-9-14-22/h4-9,11-14,23,31H,10,15-20H2,1-3H3,(H,29,33). The third-order valence-electron chi connectivity index (χ3n) is 6.00. The highest BCUT2D eigenvalue weighted by atomic mass is 16.6. The highest BCUT2D eigenvalue weighted by Gasteiger charge is 2.51. The summed E-state index contributed by atoms with van der Waals surface area (Å²) in [6.45, 7) is 4.92. The molecule has 2 atom stereocenters. The summed E-state index contributed by atoms with van der Waals surface area (Å²) in [4.78, 5) is 40.6. The Morgan fingerprint density at radius 3 is 2.16 bits per heavy atom. The van der Waals surface area contributed by atoms with Crippen LogP contribution in [0.3, 0.4) is 0 Å². The van der Waals surface area contributed by atoms with E-state index in [4.69, 9.17) is 14.2 Å². The molecule has 0 saturated carbocycles. The molecule has 2 aromatic rings. The van der Waals surface area contributed by atoms with Crippen molar-refractivity contribution in [2.75, 3.05) is 19.8 Å². The molecule has 0 bridgehead atoms. The molecule has 37 heavy (non-hydrogen) atoms. The van der Waals surface area contributed by atoms with E-state index in [1.165, 1.54) is 4.90 Å². The van der Waals surface area contributed by atoms with Crippen LogP contribution in [0.4, 0.5) is 4.79 Å². The fourth-order valence-corrected chi connectivity index (χ4v) is 4.09. The van der Waals surface area contributed by atoms with Crippen molar-refractivity contribution in [3.63, 3.8) is 0 Å². The SMILES string of the molecule is CC(C)(C)OC(=O)N1CCCC1(CO)C(=O)NC(COCc1ccccc1)C(=O)OCc1ccccc1. The largest absolute Gasteiger partial charge is 0.459 e. The van der Waals surface area contributed by atoms with Gasteiger partial charge in [-0.2, -0.15) is 0 Å². The van der Waals surface area contributed by atoms with Crippen molar-refractivity contribution in [2.45, 2.75) is 64.0 Å². The fraction of sp³-hybridized carbons (Fsp3) is 0.464. The molecule has 2 N–H and O–H groups in total. The number of aliphatic hydroxyl groups is 1. The average Bonchev–Trinajstić information content (AvgIpc) is 3.33. The molecule has 2 amide bonds. The normalized spacial score (nSPS) is 18.2. The van der Waals surface area contributed by atoms with Gasteiger partial charge in [-0.3, -0.25) is 9.69 Å². The van der Waals surface area contributed by atoms with Crippen LogP contribution in [0.15, 0.2) is 60.7 Å². The quantitative estimate of drug-likeness (QED) is 0.470. The lowest BCUT2D eigenvalue weighted by Gasteiger charge is -2.37. The Morgan fingerprint density at radius 1 is 1.00 bits per heavy atom. The van der Waals surface area contributed by atoms with Gasteiger partial charge in [0.05, 0.1) is 19.8 Å². The number of hydrogen-bond donors (Lipinski definition) is 2. The van der Waals surface area contributed by atoms with Crippen LogP contribution in [0.2, 0.25) is 0 Å². The van der Waals surface area contributed by atoms with Crippen molar-refractivity contribution < 1.29 is 33.7 Å². The highest BCUT2D eigenvalue weighted by molar-refractivity contribution is 5.93. The number of likely N-dealkylation sites (tertiary alicyclic amines) is 1. The molecule has 1 heterocycles. The number of hydrogen-bond acceptors (Lipinski definition) is 7. The van der Waals surface area contributed by atoms with Crippen molar-refractivity contribution in [1.29, 1.82) is 0 Å². The Morgan fingerprint density at radius 2 is 1.59 bits per heavy atom. The molecule has 0 spiro atoms. The van der Waals surface area contributed by atoms with Crippen molar-refractivity contribution in [2.24, 2.45) is 0 Å². The van der Waals surface area contributed by atoms with Crippen LogP contribution in [0.1, 0.15) is 44.7 Å². The number of rotatable bonds is 10. The first-order chi connectivity index (χ1) is 17.6. The van der Waals surface area contributed by atoms with Gasteiger partial charge in [0.2, 0.25) is 5.91 Å². The first-order valence-electron chi connectivity index (χ1n) is 12.4. The van der Waals surface area contributed by atoms with Gasteiger partial charge in [0.15, 0.2) is 6.04 Å². The first kappa shape index (κ1) is 28.1. The Labute approximate surface area is 217 Å². The zero-order valence-corrected chi connectivity index (χ0v) is 21.6. The Kier molecular flexibility index (Phi) is 9.66. The molecule has 3 rings (SSSR count). The minimum absolute atomic E-state index is 0.0277. The predicted octanol–water partition coefficient (Wildman–Crippen LogP) is 3.19. The van der Waals surface area contributed by atoms with Gasteiger partial charge < -0.3 is 24.6 Å². The molecule has 0 aliphatic carbocycles. The van der Waals surface area contributed by atoms with E-state index in [1.807, 2.05) is 60.7 Å². The third-order valence-corrected chi connectivity index (χ3v) is 6.00. The maximum Gasteiger partial charge on any atom is 0.411 e. The summed E-state index contributed by atoms with van der Waals surface area (Å²) in [7, 11) is 0. The lowest BCUT2D eigenvalue weighted by Crippen LogP contribution is -2.63. The summed E-state index contributed by atoms with van der Waals surface area (Å²) in [5, 5.41) is 12.9. The summed E-state index contributed by atoms with van der Waals surface area (Å²) < 4.78 is 16.7. The van der Waals surface area contributed by atoms with E-state index in [9.17, 15) is 19.5 Å². The predicted molar refractivity (Wildman–Crippen MR) is 136 cm³/mol. The second-order valence-electron chi connectivity index (χ2n) is 10.0. The molecule has 9 heteroatoms. The molecule has 9 nitrogen and oxygen atoms in total. The zero-order valence-electron chi connectivity index (χ0n) is 21.6. The summed E-state index contributed by atoms with van der Waals surface area (Å²) in [5.41, 5.74) is -0.625. The number of ether oxygens (including phenoxy) is 3. The molecule has 2 unspecified atom stereocenters. The molecular formula is C28H36N2O7. The molecule has 1 saturated heterocycles. The first-order valence-corrected chi connectivity index (χ1v) is 12.4. The summed E-state index contributed by atoms with van der Waals surface area (Å²) >= 11 is 0. The maximum absolute atomic E-state index is 13.5. The number of esters is 1. The molecular weight excluding hydrogens is 476 g/mol.